The third-order valence-corrected chi connectivity index (χ3v) is 8.19. The van der Waals surface area contributed by atoms with E-state index in [2.05, 4.69) is 42.8 Å². The van der Waals surface area contributed by atoms with Gasteiger partial charge < -0.3 is 9.64 Å². The van der Waals surface area contributed by atoms with Crippen LogP contribution in [0.2, 0.25) is 10.0 Å². The Morgan fingerprint density at radius 1 is 1.05 bits per heavy atom. The Hall–Kier alpha value is -2.79. The molecule has 6 nitrogen and oxygen atoms in total. The lowest BCUT2D eigenvalue weighted by Gasteiger charge is -2.39. The van der Waals surface area contributed by atoms with E-state index in [1.807, 2.05) is 31.2 Å². The monoisotopic (exact) mass is 551 g/mol. The SMILES string of the molecule is Cc1nc(N2CCC3(CC2)Oc2ccccc2C3=NSC(C)(C)C)nc(C#N)c1-c1cccc(Cl)c1Cl. The van der Waals surface area contributed by atoms with E-state index in [0.717, 1.165) is 29.9 Å². The van der Waals surface area contributed by atoms with E-state index in [1.54, 1.807) is 24.1 Å². The molecule has 0 amide bonds. The summed E-state index contributed by atoms with van der Waals surface area (Å²) in [6.45, 7) is 9.70. The number of aromatic nitrogens is 2. The Labute approximate surface area is 231 Å². The molecule has 2 aromatic carbocycles. The van der Waals surface area contributed by atoms with Gasteiger partial charge in [0.05, 0.1) is 15.7 Å². The van der Waals surface area contributed by atoms with Crippen molar-refractivity contribution < 1.29 is 4.74 Å². The molecular weight excluding hydrogens is 525 g/mol. The van der Waals surface area contributed by atoms with Gasteiger partial charge in [0.25, 0.3) is 0 Å². The number of fused-ring (bicyclic) bond motifs is 1. The number of piperidine rings is 1. The van der Waals surface area contributed by atoms with Gasteiger partial charge in [-0.1, -0.05) is 47.5 Å². The maximum absolute atomic E-state index is 9.94. The molecule has 0 N–H and O–H groups in total. The lowest BCUT2D eigenvalue weighted by molar-refractivity contribution is 0.124. The highest BCUT2D eigenvalue weighted by atomic mass is 35.5. The molecule has 0 aliphatic carbocycles. The number of halogens is 2. The Bertz CT molecular complexity index is 1440. The Morgan fingerprint density at radius 2 is 1.76 bits per heavy atom. The summed E-state index contributed by atoms with van der Waals surface area (Å²) in [5, 5.41) is 10.8. The number of aryl methyl sites for hydroxylation is 1. The molecule has 5 rings (SSSR count). The Morgan fingerprint density at radius 3 is 2.46 bits per heavy atom. The molecule has 1 fully saturated rings. The average molecular weight is 553 g/mol. The predicted molar refractivity (Wildman–Crippen MR) is 152 cm³/mol. The number of hydrogen-bond donors (Lipinski definition) is 0. The van der Waals surface area contributed by atoms with Crippen LogP contribution >= 0.6 is 35.1 Å². The Kier molecular flexibility index (Phi) is 6.86. The van der Waals surface area contributed by atoms with Crippen molar-refractivity contribution in [1.29, 1.82) is 5.26 Å². The molecule has 0 saturated carbocycles. The van der Waals surface area contributed by atoms with Crippen LogP contribution in [0.5, 0.6) is 5.75 Å². The normalized spacial score (nSPS) is 17.5. The van der Waals surface area contributed by atoms with Gasteiger partial charge in [-0.15, -0.1) is 0 Å². The number of benzene rings is 2. The fourth-order valence-corrected chi connectivity index (χ4v) is 5.80. The second-order valence-corrected chi connectivity index (χ2v) is 12.6. The molecule has 9 heteroatoms. The van der Waals surface area contributed by atoms with Crippen molar-refractivity contribution in [2.24, 2.45) is 4.40 Å². The van der Waals surface area contributed by atoms with Crippen LogP contribution in [0.3, 0.4) is 0 Å². The number of hydrogen-bond acceptors (Lipinski definition) is 7. The second kappa shape index (κ2) is 9.83. The zero-order valence-electron chi connectivity index (χ0n) is 21.2. The molecule has 0 unspecified atom stereocenters. The van der Waals surface area contributed by atoms with Crippen molar-refractivity contribution in [2.75, 3.05) is 18.0 Å². The molecule has 1 aromatic heterocycles. The lowest BCUT2D eigenvalue weighted by atomic mass is 9.85. The number of nitrogens with zero attached hydrogens (tertiary/aromatic N) is 5. The summed E-state index contributed by atoms with van der Waals surface area (Å²) < 4.78 is 11.6. The maximum atomic E-state index is 9.94. The van der Waals surface area contributed by atoms with Gasteiger partial charge in [0.2, 0.25) is 5.95 Å². The van der Waals surface area contributed by atoms with Gasteiger partial charge in [-0.25, -0.2) is 14.4 Å². The fourth-order valence-electron chi connectivity index (χ4n) is 4.78. The molecule has 3 heterocycles. The van der Waals surface area contributed by atoms with Crippen LogP contribution in [0, 0.1) is 18.3 Å². The van der Waals surface area contributed by atoms with E-state index < -0.39 is 5.60 Å². The highest BCUT2D eigenvalue weighted by Gasteiger charge is 2.48. The van der Waals surface area contributed by atoms with E-state index in [4.69, 9.17) is 37.3 Å². The van der Waals surface area contributed by atoms with Crippen LogP contribution < -0.4 is 9.64 Å². The first kappa shape index (κ1) is 25.8. The third-order valence-electron chi connectivity index (χ3n) is 6.55. The first-order valence-electron chi connectivity index (χ1n) is 12.1. The number of nitriles is 1. The smallest absolute Gasteiger partial charge is 0.226 e. The summed E-state index contributed by atoms with van der Waals surface area (Å²) >= 11 is 14.3. The van der Waals surface area contributed by atoms with Crippen molar-refractivity contribution >= 4 is 46.8 Å². The van der Waals surface area contributed by atoms with E-state index in [9.17, 15) is 5.26 Å². The zero-order valence-corrected chi connectivity index (χ0v) is 23.5. The van der Waals surface area contributed by atoms with Gasteiger partial charge >= 0.3 is 0 Å². The topological polar surface area (TPSA) is 74.4 Å². The second-order valence-electron chi connectivity index (χ2n) is 10.3. The van der Waals surface area contributed by atoms with Crippen molar-refractivity contribution in [3.05, 3.63) is 69.5 Å². The van der Waals surface area contributed by atoms with Gasteiger partial charge in [0, 0.05) is 47.4 Å². The fraction of sp³-hybridized carbons (Fsp3) is 0.357. The standard InChI is InChI=1S/C28H27Cl2N5OS/c1-17-23(19-9-7-10-20(29)24(19)30)21(16-31)33-26(32-17)35-14-12-28(13-15-35)25(34-37-27(2,3)4)18-8-5-6-11-22(18)36-28/h5-11H,12-15H2,1-4H3. The molecule has 2 aliphatic heterocycles. The molecule has 37 heavy (non-hydrogen) atoms. The van der Waals surface area contributed by atoms with Crippen molar-refractivity contribution in [2.45, 2.75) is 50.9 Å². The van der Waals surface area contributed by atoms with Crippen LogP contribution in [0.4, 0.5) is 5.95 Å². The molecule has 0 bridgehead atoms. The van der Waals surface area contributed by atoms with Gasteiger partial charge in [0.15, 0.2) is 11.3 Å². The van der Waals surface area contributed by atoms with Gasteiger partial charge in [0.1, 0.15) is 17.5 Å². The molecule has 0 radical (unpaired) electrons. The quantitative estimate of drug-likeness (QED) is 0.318. The minimum absolute atomic E-state index is 0.000881. The molecule has 2 aliphatic rings. The van der Waals surface area contributed by atoms with Gasteiger partial charge in [-0.05, 0) is 57.8 Å². The molecular formula is C28H27Cl2N5OS. The van der Waals surface area contributed by atoms with Crippen molar-refractivity contribution in [3.8, 4) is 22.9 Å². The highest BCUT2D eigenvalue weighted by Crippen LogP contribution is 2.44. The number of anilines is 1. The number of ether oxygens (including phenoxy) is 1. The summed E-state index contributed by atoms with van der Waals surface area (Å²) in [5.41, 5.74) is 3.80. The van der Waals surface area contributed by atoms with Gasteiger partial charge in [-0.2, -0.15) is 5.26 Å². The van der Waals surface area contributed by atoms with E-state index in [1.165, 1.54) is 0 Å². The van der Waals surface area contributed by atoms with E-state index in [-0.39, 0.29) is 10.4 Å². The summed E-state index contributed by atoms with van der Waals surface area (Å²) in [6, 6.07) is 15.7. The first-order valence-corrected chi connectivity index (χ1v) is 13.7. The summed E-state index contributed by atoms with van der Waals surface area (Å²) in [5.74, 6) is 1.41. The van der Waals surface area contributed by atoms with Gasteiger partial charge in [-0.3, -0.25) is 0 Å². The van der Waals surface area contributed by atoms with Crippen LogP contribution in [0.1, 0.15) is 50.6 Å². The predicted octanol–water partition coefficient (Wildman–Crippen LogP) is 7.30. The molecule has 1 spiro atoms. The van der Waals surface area contributed by atoms with Crippen molar-refractivity contribution in [3.63, 3.8) is 0 Å². The maximum Gasteiger partial charge on any atom is 0.226 e. The van der Waals surface area contributed by atoms with Crippen molar-refractivity contribution in [1.82, 2.24) is 9.97 Å². The molecule has 0 atom stereocenters. The molecule has 190 valence electrons. The van der Waals surface area contributed by atoms with E-state index in [0.29, 0.717) is 45.9 Å². The minimum atomic E-state index is -0.486. The molecule has 1 saturated heterocycles. The summed E-state index contributed by atoms with van der Waals surface area (Å²) in [6.07, 6.45) is 1.47. The number of para-hydroxylation sites is 1. The highest BCUT2D eigenvalue weighted by molar-refractivity contribution is 7.99. The number of rotatable bonds is 3. The third kappa shape index (κ3) is 4.90. The minimum Gasteiger partial charge on any atom is -0.480 e. The van der Waals surface area contributed by atoms with E-state index >= 15 is 0 Å². The van der Waals surface area contributed by atoms with Crippen LogP contribution in [-0.2, 0) is 0 Å². The lowest BCUT2D eigenvalue weighted by Crippen LogP contribution is -2.51. The van der Waals surface area contributed by atoms with Crippen LogP contribution in [0.15, 0.2) is 46.9 Å². The average Bonchev–Trinajstić information content (AvgIpc) is 3.16. The largest absolute Gasteiger partial charge is 0.480 e. The molecule has 3 aromatic rings. The summed E-state index contributed by atoms with van der Waals surface area (Å²) in [7, 11) is 0. The van der Waals surface area contributed by atoms with Crippen LogP contribution in [-0.4, -0.2) is 39.1 Å². The van der Waals surface area contributed by atoms with Crippen LogP contribution in [0.25, 0.3) is 11.1 Å². The zero-order chi connectivity index (χ0) is 26.4. The Balaban J connectivity index is 1.44. The summed E-state index contributed by atoms with van der Waals surface area (Å²) in [4.78, 5) is 11.5. The first-order chi connectivity index (χ1) is 17.6.